The number of hydrogen-bond donors (Lipinski definition) is 2. The Morgan fingerprint density at radius 3 is 2.63 bits per heavy atom. The van der Waals surface area contributed by atoms with E-state index in [1.807, 2.05) is 32.7 Å². The van der Waals surface area contributed by atoms with Crippen LogP contribution in [0.15, 0.2) is 12.3 Å². The lowest BCUT2D eigenvalue weighted by Crippen LogP contribution is -2.43. The minimum Gasteiger partial charge on any atom is -0.469 e. The first-order chi connectivity index (χ1) is 14.2. The second kappa shape index (κ2) is 11.1. The molecule has 1 aromatic heterocycles. The molecule has 1 saturated carbocycles. The summed E-state index contributed by atoms with van der Waals surface area (Å²) in [5.74, 6) is -0.178. The molecular formula is C21H33FN4O4. The van der Waals surface area contributed by atoms with E-state index in [2.05, 4.69) is 15.6 Å². The molecule has 0 aliphatic heterocycles. The van der Waals surface area contributed by atoms with Crippen molar-refractivity contribution in [1.82, 2.24) is 15.6 Å². The van der Waals surface area contributed by atoms with Crippen LogP contribution in [0.4, 0.5) is 14.9 Å². The Morgan fingerprint density at radius 2 is 2.00 bits per heavy atom. The van der Waals surface area contributed by atoms with Crippen LogP contribution >= 0.6 is 0 Å². The number of aldehydes is 1. The van der Waals surface area contributed by atoms with E-state index in [1.54, 1.807) is 0 Å². The fraction of sp³-hybridized carbons (Fsp3) is 0.667. The van der Waals surface area contributed by atoms with Gasteiger partial charge in [-0.05, 0) is 46.5 Å². The molecule has 1 aliphatic carbocycles. The number of anilines is 1. The first-order valence-corrected chi connectivity index (χ1v) is 10.3. The molecule has 9 heteroatoms. The fourth-order valence-electron chi connectivity index (χ4n) is 3.51. The number of rotatable bonds is 9. The Bertz CT molecular complexity index is 703. The molecule has 1 fully saturated rings. The number of hydrogen-bond acceptors (Lipinski definition) is 7. The summed E-state index contributed by atoms with van der Waals surface area (Å²) in [5, 5.41) is 6.21. The molecule has 0 aromatic carbocycles. The van der Waals surface area contributed by atoms with Gasteiger partial charge in [-0.2, -0.15) is 0 Å². The topological polar surface area (TPSA) is 92.8 Å². The van der Waals surface area contributed by atoms with Crippen LogP contribution in [0.25, 0.3) is 0 Å². The van der Waals surface area contributed by atoms with Gasteiger partial charge in [-0.15, -0.1) is 0 Å². The maximum Gasteiger partial charge on any atom is 0.407 e. The molecule has 30 heavy (non-hydrogen) atoms. The van der Waals surface area contributed by atoms with Gasteiger partial charge in [-0.1, -0.05) is 0 Å². The molecule has 2 rings (SSSR count). The second-order valence-corrected chi connectivity index (χ2v) is 8.45. The average Bonchev–Trinajstić information content (AvgIpc) is 2.69. The highest BCUT2D eigenvalue weighted by Gasteiger charge is 2.26. The van der Waals surface area contributed by atoms with E-state index < -0.39 is 17.5 Å². The maximum atomic E-state index is 13.7. The highest BCUT2D eigenvalue weighted by molar-refractivity contribution is 5.67. The highest BCUT2D eigenvalue weighted by Crippen LogP contribution is 2.32. The van der Waals surface area contributed by atoms with Crippen molar-refractivity contribution in [3.63, 3.8) is 0 Å². The van der Waals surface area contributed by atoms with Crippen LogP contribution in [-0.2, 0) is 9.53 Å². The normalized spacial score (nSPS) is 19.1. The number of alkyl carbamates (subject to hydrolysis) is 1. The third-order valence-electron chi connectivity index (χ3n) is 4.94. The SMILES string of the molecule is CN(c1cc(F)cnc1OCC=O)C1CCC(NCCNC(=O)OC(C)(C)C)CC1. The third kappa shape index (κ3) is 7.78. The highest BCUT2D eigenvalue weighted by atomic mass is 19.1. The van der Waals surface area contributed by atoms with E-state index in [9.17, 15) is 14.0 Å². The van der Waals surface area contributed by atoms with Gasteiger partial charge in [-0.3, -0.25) is 4.79 Å². The second-order valence-electron chi connectivity index (χ2n) is 8.45. The van der Waals surface area contributed by atoms with Crippen molar-refractivity contribution < 1.29 is 23.5 Å². The minimum absolute atomic E-state index is 0.118. The van der Waals surface area contributed by atoms with Crippen molar-refractivity contribution in [2.24, 2.45) is 0 Å². The van der Waals surface area contributed by atoms with Gasteiger partial charge in [0.25, 0.3) is 0 Å². The van der Waals surface area contributed by atoms with Crippen LogP contribution in [-0.4, -0.2) is 61.8 Å². The van der Waals surface area contributed by atoms with Crippen molar-refractivity contribution in [3.05, 3.63) is 18.1 Å². The van der Waals surface area contributed by atoms with Crippen LogP contribution in [0.5, 0.6) is 5.88 Å². The number of carbonyl (C=O) groups excluding carboxylic acids is 2. The van der Waals surface area contributed by atoms with E-state index in [4.69, 9.17) is 9.47 Å². The molecule has 0 saturated heterocycles. The van der Waals surface area contributed by atoms with Gasteiger partial charge in [0.1, 0.15) is 23.7 Å². The first-order valence-electron chi connectivity index (χ1n) is 10.3. The van der Waals surface area contributed by atoms with E-state index in [-0.39, 0.29) is 18.5 Å². The number of aromatic nitrogens is 1. The molecule has 2 N–H and O–H groups in total. The average molecular weight is 425 g/mol. The Balaban J connectivity index is 1.77. The Morgan fingerprint density at radius 1 is 1.30 bits per heavy atom. The number of nitrogens with one attached hydrogen (secondary N) is 2. The largest absolute Gasteiger partial charge is 0.469 e. The van der Waals surface area contributed by atoms with Gasteiger partial charge in [0, 0.05) is 38.3 Å². The third-order valence-corrected chi connectivity index (χ3v) is 4.94. The van der Waals surface area contributed by atoms with E-state index in [1.165, 1.54) is 6.07 Å². The first kappa shape index (κ1) is 23.9. The van der Waals surface area contributed by atoms with E-state index in [0.717, 1.165) is 31.9 Å². The summed E-state index contributed by atoms with van der Waals surface area (Å²) in [6.07, 6.45) is 5.11. The van der Waals surface area contributed by atoms with Gasteiger partial charge in [-0.25, -0.2) is 14.2 Å². The molecule has 1 aliphatic rings. The summed E-state index contributed by atoms with van der Waals surface area (Å²) >= 11 is 0. The summed E-state index contributed by atoms with van der Waals surface area (Å²) in [7, 11) is 1.90. The van der Waals surface area contributed by atoms with E-state index >= 15 is 0 Å². The quantitative estimate of drug-likeness (QED) is 0.465. The summed E-state index contributed by atoms with van der Waals surface area (Å²) in [6, 6.07) is 1.98. The van der Waals surface area contributed by atoms with Crippen LogP contribution < -0.4 is 20.3 Å². The van der Waals surface area contributed by atoms with Crippen molar-refractivity contribution in [2.75, 3.05) is 31.6 Å². The molecule has 1 heterocycles. The van der Waals surface area contributed by atoms with Gasteiger partial charge in [0.2, 0.25) is 5.88 Å². The number of carbonyl (C=O) groups is 2. The molecule has 168 valence electrons. The number of nitrogens with zero attached hydrogens (tertiary/aromatic N) is 2. The molecule has 0 atom stereocenters. The smallest absolute Gasteiger partial charge is 0.407 e. The number of pyridine rings is 1. The van der Waals surface area contributed by atoms with Crippen molar-refractivity contribution in [2.45, 2.75) is 64.1 Å². The van der Waals surface area contributed by atoms with Crippen LogP contribution in [0.2, 0.25) is 0 Å². The molecule has 8 nitrogen and oxygen atoms in total. The molecular weight excluding hydrogens is 391 g/mol. The van der Waals surface area contributed by atoms with E-state index in [0.29, 0.717) is 31.1 Å². The number of ether oxygens (including phenoxy) is 2. The lowest BCUT2D eigenvalue weighted by Gasteiger charge is -2.36. The van der Waals surface area contributed by atoms with Gasteiger partial charge in [0.05, 0.1) is 6.20 Å². The molecule has 1 aromatic rings. The fourth-order valence-corrected chi connectivity index (χ4v) is 3.51. The molecule has 0 bridgehead atoms. The minimum atomic E-state index is -0.503. The van der Waals surface area contributed by atoms with Crippen LogP contribution in [0.3, 0.4) is 0 Å². The number of amides is 1. The Hall–Kier alpha value is -2.42. The lowest BCUT2D eigenvalue weighted by molar-refractivity contribution is -0.109. The Kier molecular flexibility index (Phi) is 8.83. The summed E-state index contributed by atoms with van der Waals surface area (Å²) in [4.78, 5) is 28.2. The predicted molar refractivity (Wildman–Crippen MR) is 112 cm³/mol. The summed E-state index contributed by atoms with van der Waals surface area (Å²) in [5.41, 5.74) is 0.0480. The molecule has 0 unspecified atom stereocenters. The zero-order chi connectivity index (χ0) is 22.1. The summed E-state index contributed by atoms with van der Waals surface area (Å²) in [6.45, 7) is 6.54. The van der Waals surface area contributed by atoms with Crippen LogP contribution in [0.1, 0.15) is 46.5 Å². The Labute approximate surface area is 177 Å². The molecule has 0 spiro atoms. The van der Waals surface area contributed by atoms with Gasteiger partial charge >= 0.3 is 6.09 Å². The van der Waals surface area contributed by atoms with Crippen molar-refractivity contribution in [3.8, 4) is 5.88 Å². The van der Waals surface area contributed by atoms with Gasteiger partial charge in [0.15, 0.2) is 6.29 Å². The number of halogens is 1. The zero-order valence-corrected chi connectivity index (χ0v) is 18.2. The standard InChI is InChI=1S/C21H33FN4O4/c1-21(2,3)30-20(28)24-10-9-23-16-5-7-17(8-6-16)26(4)18-13-15(22)14-25-19(18)29-12-11-27/h11,13-14,16-17,23H,5-10,12H2,1-4H3,(H,24,28). The predicted octanol–water partition coefficient (Wildman–Crippen LogP) is 2.66. The monoisotopic (exact) mass is 424 g/mol. The molecule has 1 amide bonds. The van der Waals surface area contributed by atoms with Crippen molar-refractivity contribution in [1.29, 1.82) is 0 Å². The van der Waals surface area contributed by atoms with Crippen LogP contribution in [0, 0.1) is 5.82 Å². The zero-order valence-electron chi connectivity index (χ0n) is 18.2. The lowest BCUT2D eigenvalue weighted by atomic mass is 9.90. The maximum absolute atomic E-state index is 13.7. The molecule has 0 radical (unpaired) electrons. The van der Waals surface area contributed by atoms with Gasteiger partial charge < -0.3 is 25.0 Å². The summed E-state index contributed by atoms with van der Waals surface area (Å²) < 4.78 is 24.3. The van der Waals surface area contributed by atoms with Crippen molar-refractivity contribution >= 4 is 18.1 Å².